The lowest BCUT2D eigenvalue weighted by atomic mass is 10.2. The van der Waals surface area contributed by atoms with E-state index in [9.17, 15) is 4.79 Å². The second-order valence-corrected chi connectivity index (χ2v) is 4.04. The second kappa shape index (κ2) is 6.15. The van der Waals surface area contributed by atoms with Crippen molar-refractivity contribution in [1.82, 2.24) is 25.6 Å². The fourth-order valence-electron chi connectivity index (χ4n) is 1.55. The number of amides is 1. The summed E-state index contributed by atoms with van der Waals surface area (Å²) < 4.78 is 6.68. The molecule has 2 heterocycles. The van der Waals surface area contributed by atoms with Gasteiger partial charge < -0.3 is 15.4 Å². The van der Waals surface area contributed by atoms with E-state index in [-0.39, 0.29) is 5.91 Å². The lowest BCUT2D eigenvalue weighted by molar-refractivity contribution is 0.0945. The third kappa shape index (κ3) is 3.07. The van der Waals surface area contributed by atoms with Gasteiger partial charge in [-0.15, -0.1) is 5.10 Å². The van der Waals surface area contributed by atoms with Gasteiger partial charge in [0.05, 0.1) is 25.1 Å². The average Bonchev–Trinajstić information content (AvgIpc) is 2.75. The van der Waals surface area contributed by atoms with Gasteiger partial charge in [-0.05, 0) is 6.42 Å². The Hall–Kier alpha value is -1.89. The van der Waals surface area contributed by atoms with Crippen LogP contribution in [0.1, 0.15) is 23.0 Å². The molecule has 98 valence electrons. The van der Waals surface area contributed by atoms with Crippen LogP contribution in [0.2, 0.25) is 0 Å². The Morgan fingerprint density at radius 2 is 2.56 bits per heavy atom. The molecule has 0 saturated carbocycles. The van der Waals surface area contributed by atoms with Crippen LogP contribution in [0.25, 0.3) is 0 Å². The van der Waals surface area contributed by atoms with Gasteiger partial charge in [-0.1, -0.05) is 11.8 Å². The van der Waals surface area contributed by atoms with E-state index in [1.165, 1.54) is 6.26 Å². The van der Waals surface area contributed by atoms with Gasteiger partial charge >= 0.3 is 0 Å². The average molecular weight is 251 g/mol. The van der Waals surface area contributed by atoms with Crippen molar-refractivity contribution in [2.75, 3.05) is 26.2 Å². The van der Waals surface area contributed by atoms with Gasteiger partial charge in [-0.25, -0.2) is 4.68 Å². The van der Waals surface area contributed by atoms with Crippen LogP contribution >= 0.6 is 0 Å². The van der Waals surface area contributed by atoms with E-state index < -0.39 is 0 Å². The standard InChI is InChI=1S/C11H17N5O2/c1-2-18-5-3-4-13-11(17)10-8-16(15-14-10)9-6-12-7-9/h2,8-9,12H,1,3-7H2,(H,13,17). The van der Waals surface area contributed by atoms with Crippen LogP contribution in [0.4, 0.5) is 0 Å². The van der Waals surface area contributed by atoms with Gasteiger partial charge in [0.25, 0.3) is 5.91 Å². The highest BCUT2D eigenvalue weighted by Gasteiger charge is 2.21. The predicted molar refractivity (Wildman–Crippen MR) is 65.0 cm³/mol. The topological polar surface area (TPSA) is 81.1 Å². The first-order valence-electron chi connectivity index (χ1n) is 5.94. The van der Waals surface area contributed by atoms with Gasteiger partial charge in [0.15, 0.2) is 5.69 Å². The molecule has 7 nitrogen and oxygen atoms in total. The quantitative estimate of drug-likeness (QED) is 0.514. The van der Waals surface area contributed by atoms with Crippen LogP contribution in [0.5, 0.6) is 0 Å². The molecule has 1 aliphatic heterocycles. The number of carbonyl (C=O) groups excluding carboxylic acids is 1. The number of ether oxygens (including phenoxy) is 1. The van der Waals surface area contributed by atoms with Crippen molar-refractivity contribution >= 4 is 5.91 Å². The molecule has 0 aromatic carbocycles. The maximum Gasteiger partial charge on any atom is 0.273 e. The number of carbonyl (C=O) groups is 1. The summed E-state index contributed by atoms with van der Waals surface area (Å²) in [6.45, 7) is 6.29. The number of hydrogen-bond donors (Lipinski definition) is 2. The van der Waals surface area contributed by atoms with Gasteiger partial charge in [0.1, 0.15) is 0 Å². The maximum atomic E-state index is 11.7. The van der Waals surface area contributed by atoms with Gasteiger partial charge in [-0.3, -0.25) is 4.79 Å². The Balaban J connectivity index is 1.74. The molecule has 0 radical (unpaired) electrons. The van der Waals surface area contributed by atoms with Gasteiger partial charge in [0, 0.05) is 19.6 Å². The number of hydrogen-bond acceptors (Lipinski definition) is 5. The summed E-state index contributed by atoms with van der Waals surface area (Å²) >= 11 is 0. The van der Waals surface area contributed by atoms with Crippen molar-refractivity contribution in [3.63, 3.8) is 0 Å². The Kier molecular flexibility index (Phi) is 4.30. The zero-order chi connectivity index (χ0) is 12.8. The van der Waals surface area contributed by atoms with Crippen molar-refractivity contribution in [2.24, 2.45) is 0 Å². The fourth-order valence-corrected chi connectivity index (χ4v) is 1.55. The molecule has 1 fully saturated rings. The van der Waals surface area contributed by atoms with E-state index in [0.717, 1.165) is 19.5 Å². The fraction of sp³-hybridized carbons (Fsp3) is 0.545. The molecule has 1 aliphatic rings. The Morgan fingerprint density at radius 1 is 1.72 bits per heavy atom. The SMILES string of the molecule is C=COCCCNC(=O)c1cn(C2CNC2)nn1. The molecule has 0 unspecified atom stereocenters. The number of nitrogens with zero attached hydrogens (tertiary/aromatic N) is 3. The van der Waals surface area contributed by atoms with E-state index in [1.54, 1.807) is 10.9 Å². The minimum absolute atomic E-state index is 0.202. The minimum atomic E-state index is -0.202. The van der Waals surface area contributed by atoms with E-state index in [4.69, 9.17) is 4.74 Å². The maximum absolute atomic E-state index is 11.7. The molecule has 1 saturated heterocycles. The van der Waals surface area contributed by atoms with Crippen molar-refractivity contribution in [1.29, 1.82) is 0 Å². The first-order chi connectivity index (χ1) is 8.81. The van der Waals surface area contributed by atoms with Gasteiger partial charge in [0.2, 0.25) is 0 Å². The van der Waals surface area contributed by atoms with E-state index in [1.807, 2.05) is 0 Å². The molecule has 0 bridgehead atoms. The molecule has 0 spiro atoms. The zero-order valence-corrected chi connectivity index (χ0v) is 10.1. The third-order valence-corrected chi connectivity index (χ3v) is 2.72. The second-order valence-electron chi connectivity index (χ2n) is 4.04. The summed E-state index contributed by atoms with van der Waals surface area (Å²) in [7, 11) is 0. The van der Waals surface area contributed by atoms with E-state index >= 15 is 0 Å². The Bertz CT molecular complexity index is 413. The van der Waals surface area contributed by atoms with Crippen LogP contribution < -0.4 is 10.6 Å². The highest BCUT2D eigenvalue weighted by Crippen LogP contribution is 2.09. The number of rotatable bonds is 7. The molecule has 0 atom stereocenters. The molecule has 2 rings (SSSR count). The summed E-state index contributed by atoms with van der Waals surface area (Å²) in [4.78, 5) is 11.7. The zero-order valence-electron chi connectivity index (χ0n) is 10.1. The van der Waals surface area contributed by atoms with Crippen LogP contribution in [0.15, 0.2) is 19.0 Å². The molecule has 2 N–H and O–H groups in total. The smallest absolute Gasteiger partial charge is 0.273 e. The van der Waals surface area contributed by atoms with Gasteiger partial charge in [-0.2, -0.15) is 0 Å². The molecule has 0 aliphatic carbocycles. The van der Waals surface area contributed by atoms with Crippen LogP contribution in [0, 0.1) is 0 Å². The number of aromatic nitrogens is 3. The largest absolute Gasteiger partial charge is 0.502 e. The van der Waals surface area contributed by atoms with E-state index in [2.05, 4.69) is 27.5 Å². The summed E-state index contributed by atoms with van der Waals surface area (Å²) in [5.41, 5.74) is 0.353. The normalized spacial score (nSPS) is 14.9. The molecular formula is C11H17N5O2. The molecular weight excluding hydrogens is 234 g/mol. The minimum Gasteiger partial charge on any atom is -0.502 e. The lowest BCUT2D eigenvalue weighted by Crippen LogP contribution is -2.43. The Labute approximate surface area is 105 Å². The summed E-state index contributed by atoms with van der Waals surface area (Å²) in [5.74, 6) is -0.202. The van der Waals surface area contributed by atoms with Crippen LogP contribution in [0.3, 0.4) is 0 Å². The summed E-state index contributed by atoms with van der Waals surface area (Å²) in [6.07, 6.45) is 3.81. The summed E-state index contributed by atoms with van der Waals surface area (Å²) in [6, 6.07) is 0.319. The summed E-state index contributed by atoms with van der Waals surface area (Å²) in [5, 5.41) is 13.7. The molecule has 1 aromatic heterocycles. The van der Waals surface area contributed by atoms with Crippen molar-refractivity contribution < 1.29 is 9.53 Å². The Morgan fingerprint density at radius 3 is 3.22 bits per heavy atom. The van der Waals surface area contributed by atoms with Crippen molar-refractivity contribution in [3.8, 4) is 0 Å². The van der Waals surface area contributed by atoms with Crippen LogP contribution in [-0.4, -0.2) is 47.1 Å². The lowest BCUT2D eigenvalue weighted by Gasteiger charge is -2.26. The third-order valence-electron chi connectivity index (χ3n) is 2.72. The van der Waals surface area contributed by atoms with Crippen LogP contribution in [-0.2, 0) is 4.74 Å². The number of nitrogens with one attached hydrogen (secondary N) is 2. The first-order valence-corrected chi connectivity index (χ1v) is 5.94. The first kappa shape index (κ1) is 12.6. The monoisotopic (exact) mass is 251 g/mol. The molecule has 7 heteroatoms. The highest BCUT2D eigenvalue weighted by molar-refractivity contribution is 5.91. The van der Waals surface area contributed by atoms with Crippen molar-refractivity contribution in [3.05, 3.63) is 24.7 Å². The molecule has 1 aromatic rings. The highest BCUT2D eigenvalue weighted by atomic mass is 16.5. The van der Waals surface area contributed by atoms with Crippen molar-refractivity contribution in [2.45, 2.75) is 12.5 Å². The van der Waals surface area contributed by atoms with E-state index in [0.29, 0.717) is 24.9 Å². The predicted octanol–water partition coefficient (Wildman–Crippen LogP) is -0.298. The molecule has 1 amide bonds. The molecule has 18 heavy (non-hydrogen) atoms.